The molecule has 35 heavy (non-hydrogen) atoms. The quantitative estimate of drug-likeness (QED) is 0.200. The number of nitrogens with zero attached hydrogens (tertiary/aromatic N) is 6. The fraction of sp³-hybridized carbons (Fsp3) is 0.208. The van der Waals surface area contributed by atoms with Gasteiger partial charge in [-0.15, -0.1) is 21.5 Å². The monoisotopic (exact) mass is 504 g/mol. The van der Waals surface area contributed by atoms with Gasteiger partial charge in [0.15, 0.2) is 5.16 Å². The largest absolute Gasteiger partial charge is 0.301 e. The third kappa shape index (κ3) is 3.72. The fourth-order valence-electron chi connectivity index (χ4n) is 4.45. The summed E-state index contributed by atoms with van der Waals surface area (Å²) < 4.78 is 3.64. The first kappa shape index (κ1) is 22.0. The Morgan fingerprint density at radius 2 is 1.89 bits per heavy atom. The van der Waals surface area contributed by atoms with E-state index in [4.69, 9.17) is 0 Å². The van der Waals surface area contributed by atoms with Gasteiger partial charge in [-0.25, -0.2) is 8.97 Å². The van der Waals surface area contributed by atoms with E-state index in [1.54, 1.807) is 28.0 Å². The van der Waals surface area contributed by atoms with Crippen LogP contribution in [0.25, 0.3) is 21.7 Å². The van der Waals surface area contributed by atoms with Gasteiger partial charge in [0.2, 0.25) is 5.78 Å². The van der Waals surface area contributed by atoms with E-state index in [1.807, 2.05) is 34.7 Å². The van der Waals surface area contributed by atoms with E-state index in [9.17, 15) is 14.9 Å². The summed E-state index contributed by atoms with van der Waals surface area (Å²) in [5, 5.41) is 21.3. The molecule has 0 saturated heterocycles. The molecule has 1 aliphatic heterocycles. The maximum Gasteiger partial charge on any atom is 0.269 e. The number of nitro groups is 1. The zero-order chi connectivity index (χ0) is 24.1. The van der Waals surface area contributed by atoms with E-state index >= 15 is 0 Å². The van der Waals surface area contributed by atoms with Gasteiger partial charge in [0.25, 0.3) is 11.2 Å². The SMILES string of the molecule is CN1CCc2c(sc3c2c(=O)n(-c2ccccc2)c2nnc(SCc4ccc([N+](=O)[O-])cc4)n32)C1. The second kappa shape index (κ2) is 8.59. The Morgan fingerprint density at radius 3 is 2.63 bits per heavy atom. The van der Waals surface area contributed by atoms with Crippen LogP contribution in [-0.4, -0.2) is 42.6 Å². The van der Waals surface area contributed by atoms with Crippen molar-refractivity contribution in [1.29, 1.82) is 0 Å². The van der Waals surface area contributed by atoms with Crippen molar-refractivity contribution < 1.29 is 4.92 Å². The maximum atomic E-state index is 13.8. The number of hydrogen-bond acceptors (Lipinski definition) is 8. The molecule has 0 saturated carbocycles. The maximum absolute atomic E-state index is 13.8. The van der Waals surface area contributed by atoms with Crippen LogP contribution in [0.3, 0.4) is 0 Å². The molecule has 0 atom stereocenters. The molecule has 11 heteroatoms. The summed E-state index contributed by atoms with van der Waals surface area (Å²) in [4.78, 5) is 28.7. The average Bonchev–Trinajstić information content (AvgIpc) is 3.45. The topological polar surface area (TPSA) is 98.6 Å². The van der Waals surface area contributed by atoms with Crippen LogP contribution in [-0.2, 0) is 18.7 Å². The molecule has 0 fully saturated rings. The normalized spacial score (nSPS) is 14.0. The standard InChI is InChI=1S/C24H20N6O3S2/c1-27-12-11-18-19(13-27)35-22-20(18)21(31)28(16-5-3-2-4-6-16)23-25-26-24(29(22)23)34-14-15-7-9-17(10-8-15)30(32)33/h2-10H,11-14H2,1H3. The predicted octanol–water partition coefficient (Wildman–Crippen LogP) is 4.28. The number of hydrogen-bond donors (Lipinski definition) is 0. The summed E-state index contributed by atoms with van der Waals surface area (Å²) in [6, 6.07) is 16.0. The molecule has 0 amide bonds. The summed E-state index contributed by atoms with van der Waals surface area (Å²) in [6.45, 7) is 1.72. The summed E-state index contributed by atoms with van der Waals surface area (Å²) in [5.41, 5.74) is 2.81. The number of thiophene rings is 1. The summed E-state index contributed by atoms with van der Waals surface area (Å²) in [5.74, 6) is 1.05. The lowest BCUT2D eigenvalue weighted by atomic mass is 10.1. The van der Waals surface area contributed by atoms with Crippen LogP contribution < -0.4 is 5.56 Å². The first-order valence-corrected chi connectivity index (χ1v) is 12.9. The van der Waals surface area contributed by atoms with Gasteiger partial charge in [0.05, 0.1) is 16.0 Å². The van der Waals surface area contributed by atoms with Crippen LogP contribution in [0.2, 0.25) is 0 Å². The Hall–Kier alpha value is -3.54. The average molecular weight is 505 g/mol. The predicted molar refractivity (Wildman–Crippen MR) is 137 cm³/mol. The van der Waals surface area contributed by atoms with Crippen LogP contribution in [0.4, 0.5) is 5.69 Å². The molecule has 3 aromatic heterocycles. The molecule has 0 bridgehead atoms. The second-order valence-electron chi connectivity index (χ2n) is 8.48. The molecule has 0 spiro atoms. The summed E-state index contributed by atoms with van der Waals surface area (Å²) in [7, 11) is 2.09. The van der Waals surface area contributed by atoms with Gasteiger partial charge in [0, 0.05) is 35.9 Å². The van der Waals surface area contributed by atoms with E-state index < -0.39 is 4.92 Å². The number of nitro benzene ring substituents is 1. The lowest BCUT2D eigenvalue weighted by molar-refractivity contribution is -0.384. The van der Waals surface area contributed by atoms with Crippen molar-refractivity contribution in [2.24, 2.45) is 0 Å². The molecule has 2 aromatic carbocycles. The first-order chi connectivity index (χ1) is 17.0. The van der Waals surface area contributed by atoms with E-state index in [0.717, 1.165) is 46.5 Å². The third-order valence-electron chi connectivity index (χ3n) is 6.19. The molecule has 4 heterocycles. The van der Waals surface area contributed by atoms with Gasteiger partial charge in [0.1, 0.15) is 4.83 Å². The van der Waals surface area contributed by atoms with E-state index in [-0.39, 0.29) is 11.2 Å². The van der Waals surface area contributed by atoms with Crippen molar-refractivity contribution >= 4 is 44.8 Å². The Morgan fingerprint density at radius 1 is 1.11 bits per heavy atom. The van der Waals surface area contributed by atoms with Crippen LogP contribution in [0, 0.1) is 10.1 Å². The molecule has 0 N–H and O–H groups in total. The molecule has 176 valence electrons. The molecular formula is C24H20N6O3S2. The zero-order valence-electron chi connectivity index (χ0n) is 18.7. The van der Waals surface area contributed by atoms with Gasteiger partial charge in [-0.05, 0) is 36.7 Å². The first-order valence-electron chi connectivity index (χ1n) is 11.1. The highest BCUT2D eigenvalue weighted by molar-refractivity contribution is 7.98. The van der Waals surface area contributed by atoms with E-state index in [2.05, 4.69) is 22.1 Å². The van der Waals surface area contributed by atoms with Gasteiger partial charge >= 0.3 is 0 Å². The molecule has 1 aliphatic rings. The summed E-state index contributed by atoms with van der Waals surface area (Å²) >= 11 is 3.13. The number of non-ortho nitro benzene ring substituents is 1. The zero-order valence-corrected chi connectivity index (χ0v) is 20.4. The van der Waals surface area contributed by atoms with Gasteiger partial charge in [-0.2, -0.15) is 0 Å². The van der Waals surface area contributed by atoms with Crippen molar-refractivity contribution in [2.45, 2.75) is 23.9 Å². The molecule has 0 unspecified atom stereocenters. The molecule has 9 nitrogen and oxygen atoms in total. The Balaban J connectivity index is 1.52. The van der Waals surface area contributed by atoms with Crippen LogP contribution in [0.15, 0.2) is 64.5 Å². The van der Waals surface area contributed by atoms with Crippen molar-refractivity contribution in [3.63, 3.8) is 0 Å². The smallest absolute Gasteiger partial charge is 0.269 e. The molecule has 0 radical (unpaired) electrons. The van der Waals surface area contributed by atoms with Crippen LogP contribution >= 0.6 is 23.1 Å². The number of likely N-dealkylation sites (N-methyl/N-ethyl adjacent to an activating group) is 1. The van der Waals surface area contributed by atoms with Crippen LogP contribution in [0.1, 0.15) is 16.0 Å². The lowest BCUT2D eigenvalue weighted by Gasteiger charge is -2.21. The summed E-state index contributed by atoms with van der Waals surface area (Å²) in [6.07, 6.45) is 0.828. The molecule has 6 rings (SSSR count). The number of thioether (sulfide) groups is 1. The van der Waals surface area contributed by atoms with Crippen molar-refractivity contribution in [3.8, 4) is 5.69 Å². The third-order valence-corrected chi connectivity index (χ3v) is 8.40. The second-order valence-corrected chi connectivity index (χ2v) is 10.5. The fourth-order valence-corrected chi connectivity index (χ4v) is 6.81. The number of aromatic nitrogens is 4. The minimum Gasteiger partial charge on any atom is -0.301 e. The van der Waals surface area contributed by atoms with Gasteiger partial charge < -0.3 is 4.90 Å². The van der Waals surface area contributed by atoms with E-state index in [0.29, 0.717) is 16.7 Å². The number of para-hydroxylation sites is 1. The minimum absolute atomic E-state index is 0.0643. The highest BCUT2D eigenvalue weighted by Crippen LogP contribution is 2.36. The van der Waals surface area contributed by atoms with E-state index in [1.165, 1.54) is 28.8 Å². The molecule has 5 aromatic rings. The van der Waals surface area contributed by atoms with Crippen molar-refractivity contribution in [2.75, 3.05) is 13.6 Å². The lowest BCUT2D eigenvalue weighted by Crippen LogP contribution is -2.27. The number of rotatable bonds is 5. The Kier molecular flexibility index (Phi) is 5.39. The van der Waals surface area contributed by atoms with Gasteiger partial charge in [-0.3, -0.25) is 14.9 Å². The highest BCUT2D eigenvalue weighted by Gasteiger charge is 2.26. The van der Waals surface area contributed by atoms with Crippen LogP contribution in [0.5, 0.6) is 0 Å². The number of benzene rings is 2. The van der Waals surface area contributed by atoms with Crippen molar-refractivity contribution in [3.05, 3.63) is 91.1 Å². The molecule has 0 aliphatic carbocycles. The Labute approximate surface area is 207 Å². The minimum atomic E-state index is -0.404. The Bertz CT molecular complexity index is 1640. The highest BCUT2D eigenvalue weighted by atomic mass is 32.2. The number of fused-ring (bicyclic) bond motifs is 5. The van der Waals surface area contributed by atoms with Crippen molar-refractivity contribution in [1.82, 2.24) is 24.1 Å². The van der Waals surface area contributed by atoms with Gasteiger partial charge in [-0.1, -0.05) is 42.1 Å². The molecular weight excluding hydrogens is 484 g/mol.